The molecule has 1 aliphatic carbocycles. The molecule has 1 aliphatic heterocycles. The van der Waals surface area contributed by atoms with Gasteiger partial charge in [-0.1, -0.05) is 36.4 Å². The van der Waals surface area contributed by atoms with Crippen LogP contribution in [-0.4, -0.2) is 103 Å². The second-order valence-corrected chi connectivity index (χ2v) is 12.6. The van der Waals surface area contributed by atoms with Crippen molar-refractivity contribution >= 4 is 46.4 Å². The van der Waals surface area contributed by atoms with Crippen molar-refractivity contribution in [1.29, 1.82) is 0 Å². The lowest BCUT2D eigenvalue weighted by molar-refractivity contribution is -0.298. The van der Waals surface area contributed by atoms with E-state index >= 15 is 4.39 Å². The normalized spacial score (nSPS) is 17.7. The SMILES string of the molecule is CN1CCN(C2CCC(n3nc(-c4ccc(NCc5ccccc5)c(F)c4)c4c(N)ncnc43)CC2)CC1.O=C([O-])/C=C\C(=O)O.O=C([O-])/C=C\C(=O)O. The number of fused-ring (bicyclic) bond motifs is 1. The predicted molar refractivity (Wildman–Crippen MR) is 193 cm³/mol. The minimum Gasteiger partial charge on any atom is -0.545 e. The Bertz CT molecular complexity index is 1910. The topological polar surface area (TPSA) is 243 Å². The number of benzene rings is 2. The van der Waals surface area contributed by atoms with Gasteiger partial charge in [-0.3, -0.25) is 4.90 Å². The minimum absolute atomic E-state index is 0.237. The zero-order valence-corrected chi connectivity index (χ0v) is 29.5. The Hall–Kier alpha value is -6.20. The maximum absolute atomic E-state index is 15.2. The van der Waals surface area contributed by atoms with Gasteiger partial charge in [0.05, 0.1) is 29.1 Å². The number of carboxylic acids is 4. The predicted octanol–water partition coefficient (Wildman–Crippen LogP) is 1.31. The number of aromatic nitrogens is 4. The molecule has 286 valence electrons. The summed E-state index contributed by atoms with van der Waals surface area (Å²) in [4.78, 5) is 51.8. The van der Waals surface area contributed by atoms with Crippen LogP contribution in [-0.2, 0) is 25.7 Å². The minimum atomic E-state index is -1.51. The molecule has 0 spiro atoms. The number of nitrogens with two attached hydrogens (primary N) is 1. The number of carbonyl (C=O) groups excluding carboxylic acids is 2. The average molecular weight is 745 g/mol. The molecular formula is C37H41FN8O8-2. The molecule has 54 heavy (non-hydrogen) atoms. The number of piperazine rings is 1. The molecule has 2 aliphatic rings. The van der Waals surface area contributed by atoms with E-state index < -0.39 is 23.9 Å². The molecule has 0 bridgehead atoms. The number of anilines is 2. The van der Waals surface area contributed by atoms with E-state index in [1.807, 2.05) is 41.1 Å². The Morgan fingerprint density at radius 2 is 1.46 bits per heavy atom. The fourth-order valence-electron chi connectivity index (χ4n) is 6.18. The number of hydrogen-bond donors (Lipinski definition) is 4. The molecule has 6 rings (SSSR count). The van der Waals surface area contributed by atoms with Crippen LogP contribution in [0.15, 0.2) is 79.2 Å². The molecule has 0 amide bonds. The number of nitrogens with one attached hydrogen (secondary N) is 1. The fraction of sp³-hybridized carbons (Fsp3) is 0.324. The Kier molecular flexibility index (Phi) is 14.7. The largest absolute Gasteiger partial charge is 0.545 e. The van der Waals surface area contributed by atoms with Crippen molar-refractivity contribution in [2.24, 2.45) is 0 Å². The van der Waals surface area contributed by atoms with Crippen molar-refractivity contribution < 1.29 is 44.0 Å². The summed E-state index contributed by atoms with van der Waals surface area (Å²) in [5.74, 6) is -5.57. The molecule has 2 fully saturated rings. The molecule has 0 unspecified atom stereocenters. The van der Waals surface area contributed by atoms with E-state index in [9.17, 15) is 29.4 Å². The van der Waals surface area contributed by atoms with Gasteiger partial charge < -0.3 is 46.0 Å². The van der Waals surface area contributed by atoms with Crippen LogP contribution in [0.5, 0.6) is 0 Å². The van der Waals surface area contributed by atoms with Crippen molar-refractivity contribution in [3.05, 3.63) is 90.5 Å². The third kappa shape index (κ3) is 11.9. The van der Waals surface area contributed by atoms with E-state index in [2.05, 4.69) is 32.1 Å². The Morgan fingerprint density at radius 3 is 2.00 bits per heavy atom. The van der Waals surface area contributed by atoms with E-state index in [-0.39, 0.29) is 11.9 Å². The van der Waals surface area contributed by atoms with Crippen LogP contribution in [0, 0.1) is 5.82 Å². The summed E-state index contributed by atoms with van der Waals surface area (Å²) in [5, 5.41) is 43.3. The van der Waals surface area contributed by atoms with Gasteiger partial charge in [-0.25, -0.2) is 28.6 Å². The Labute approximate surface area is 310 Å². The van der Waals surface area contributed by atoms with Crippen LogP contribution >= 0.6 is 0 Å². The number of carbonyl (C=O) groups is 4. The number of nitrogen functional groups attached to an aromatic ring is 1. The molecular weight excluding hydrogens is 703 g/mol. The van der Waals surface area contributed by atoms with Gasteiger partial charge in [0.25, 0.3) is 0 Å². The van der Waals surface area contributed by atoms with E-state index in [0.717, 1.165) is 63.1 Å². The first-order chi connectivity index (χ1) is 25.8. The van der Waals surface area contributed by atoms with E-state index in [4.69, 9.17) is 21.0 Å². The van der Waals surface area contributed by atoms with Gasteiger partial charge in [0.15, 0.2) is 5.65 Å². The molecule has 0 radical (unpaired) electrons. The van der Waals surface area contributed by atoms with Crippen molar-refractivity contribution in [2.75, 3.05) is 44.3 Å². The number of nitrogens with zero attached hydrogens (tertiary/aromatic N) is 6. The smallest absolute Gasteiger partial charge is 0.328 e. The second kappa shape index (κ2) is 19.6. The second-order valence-electron chi connectivity index (χ2n) is 12.6. The van der Waals surface area contributed by atoms with Crippen LogP contribution < -0.4 is 21.3 Å². The highest BCUT2D eigenvalue weighted by atomic mass is 19.1. The summed E-state index contributed by atoms with van der Waals surface area (Å²) in [6.07, 6.45) is 7.73. The van der Waals surface area contributed by atoms with Gasteiger partial charge in [0.1, 0.15) is 23.7 Å². The summed E-state index contributed by atoms with van der Waals surface area (Å²) in [5.41, 5.74) is 9.90. The zero-order valence-electron chi connectivity index (χ0n) is 29.5. The van der Waals surface area contributed by atoms with E-state index in [1.165, 1.54) is 12.4 Å². The molecule has 4 aromatic rings. The first-order valence-corrected chi connectivity index (χ1v) is 17.0. The van der Waals surface area contributed by atoms with Crippen molar-refractivity contribution in [3.63, 3.8) is 0 Å². The summed E-state index contributed by atoms with van der Waals surface area (Å²) in [6, 6.07) is 16.0. The first kappa shape index (κ1) is 40.6. The number of aliphatic carboxylic acids is 4. The molecule has 1 saturated heterocycles. The number of halogens is 1. The lowest BCUT2D eigenvalue weighted by atomic mass is 9.90. The highest BCUT2D eigenvalue weighted by Crippen LogP contribution is 2.37. The molecule has 2 aromatic heterocycles. The van der Waals surface area contributed by atoms with Crippen molar-refractivity contribution in [2.45, 2.75) is 44.3 Å². The van der Waals surface area contributed by atoms with Crippen molar-refractivity contribution in [1.82, 2.24) is 29.5 Å². The highest BCUT2D eigenvalue weighted by molar-refractivity contribution is 5.98. The van der Waals surface area contributed by atoms with Crippen LogP contribution in [0.25, 0.3) is 22.3 Å². The molecule has 17 heteroatoms. The maximum Gasteiger partial charge on any atom is 0.328 e. The van der Waals surface area contributed by atoms with Gasteiger partial charge in [-0.2, -0.15) is 5.10 Å². The van der Waals surface area contributed by atoms with Crippen molar-refractivity contribution in [3.8, 4) is 11.3 Å². The maximum atomic E-state index is 15.2. The standard InChI is InChI=1S/C29H35FN8.2C4H4O4/c1-36-13-15-37(16-14-36)22-8-10-23(11-9-22)38-29-26(28(31)33-19-34-29)27(35-38)21-7-12-25(24(30)17-21)32-18-20-5-3-2-4-6-20;2*5-3(6)1-2-4(7)8/h2-7,12,17,19,22-23,32H,8-11,13-16,18H2,1H3,(H2,31,33,34);2*1-2H,(H,5,6)(H,7,8)/p-2/b;2*2-1-. The number of likely N-dealkylation sites (N-methyl/N-ethyl adjacent to an activating group) is 1. The summed E-state index contributed by atoms with van der Waals surface area (Å²) >= 11 is 0. The molecule has 16 nitrogen and oxygen atoms in total. The summed E-state index contributed by atoms with van der Waals surface area (Å²) in [6.45, 7) is 5.12. The fourth-order valence-corrected chi connectivity index (χ4v) is 6.18. The number of hydrogen-bond acceptors (Lipinski definition) is 13. The van der Waals surface area contributed by atoms with Crippen LogP contribution in [0.4, 0.5) is 15.9 Å². The number of rotatable bonds is 10. The average Bonchev–Trinajstić information content (AvgIpc) is 3.55. The molecule has 2 aromatic carbocycles. The quantitative estimate of drug-likeness (QED) is 0.167. The molecule has 5 N–H and O–H groups in total. The van der Waals surface area contributed by atoms with Crippen LogP contribution in [0.1, 0.15) is 37.3 Å². The Morgan fingerprint density at radius 1 is 0.870 bits per heavy atom. The third-order valence-electron chi connectivity index (χ3n) is 8.88. The van der Waals surface area contributed by atoms with Gasteiger partial charge in [-0.05, 0) is 62.6 Å². The van der Waals surface area contributed by atoms with E-state index in [0.29, 0.717) is 65.0 Å². The van der Waals surface area contributed by atoms with E-state index in [1.54, 1.807) is 6.07 Å². The van der Waals surface area contributed by atoms with Crippen LogP contribution in [0.2, 0.25) is 0 Å². The first-order valence-electron chi connectivity index (χ1n) is 17.0. The zero-order chi connectivity index (χ0) is 39.2. The lowest BCUT2D eigenvalue weighted by Crippen LogP contribution is -2.49. The highest BCUT2D eigenvalue weighted by Gasteiger charge is 2.30. The van der Waals surface area contributed by atoms with Gasteiger partial charge >= 0.3 is 11.9 Å². The molecule has 1 saturated carbocycles. The van der Waals surface area contributed by atoms with Gasteiger partial charge in [0, 0.05) is 56.5 Å². The summed E-state index contributed by atoms with van der Waals surface area (Å²) in [7, 11) is 2.20. The Balaban J connectivity index is 0.000000341. The lowest BCUT2D eigenvalue weighted by Gasteiger charge is -2.41. The van der Waals surface area contributed by atoms with Crippen LogP contribution in [0.3, 0.4) is 0 Å². The number of carboxylic acid groups (broad SMARTS) is 4. The summed E-state index contributed by atoms with van der Waals surface area (Å²) < 4.78 is 17.2. The monoisotopic (exact) mass is 744 g/mol. The van der Waals surface area contributed by atoms with Gasteiger partial charge in [-0.15, -0.1) is 0 Å². The molecule has 0 atom stereocenters. The molecule has 3 heterocycles. The third-order valence-corrected chi connectivity index (χ3v) is 8.88. The van der Waals surface area contributed by atoms with Gasteiger partial charge in [0.2, 0.25) is 0 Å².